The van der Waals surface area contributed by atoms with Gasteiger partial charge in [-0.1, -0.05) is 12.1 Å². The Hall–Kier alpha value is -2.83. The predicted octanol–water partition coefficient (Wildman–Crippen LogP) is 4.26. The van der Waals surface area contributed by atoms with Gasteiger partial charge < -0.3 is 10.7 Å². The summed E-state index contributed by atoms with van der Waals surface area (Å²) in [4.78, 5) is 11.5. The highest BCUT2D eigenvalue weighted by atomic mass is 19.4. The number of imidazole rings is 1. The van der Waals surface area contributed by atoms with Crippen LogP contribution < -0.4 is 5.73 Å². The van der Waals surface area contributed by atoms with Crippen LogP contribution in [0.5, 0.6) is 0 Å². The second-order valence-electron chi connectivity index (χ2n) is 5.12. The lowest BCUT2D eigenvalue weighted by Gasteiger charge is -2.07. The normalized spacial score (nSPS) is 12.8. The third-order valence-electron chi connectivity index (χ3n) is 3.23. The number of benzene rings is 2. The van der Waals surface area contributed by atoms with Gasteiger partial charge in [-0.3, -0.25) is 0 Å². The van der Waals surface area contributed by atoms with Gasteiger partial charge in [-0.2, -0.15) is 13.2 Å². The highest BCUT2D eigenvalue weighted by Crippen LogP contribution is 2.32. The Morgan fingerprint density at radius 3 is 2.65 bits per heavy atom. The van der Waals surface area contributed by atoms with E-state index in [2.05, 4.69) is 15.0 Å². The van der Waals surface area contributed by atoms with Crippen molar-refractivity contribution in [3.05, 3.63) is 48.0 Å². The number of nitrogens with one attached hydrogen (secondary N) is 1. The van der Waals surface area contributed by atoms with Crippen molar-refractivity contribution in [2.75, 3.05) is 0 Å². The summed E-state index contributed by atoms with van der Waals surface area (Å²) in [6.45, 7) is 1.67. The van der Waals surface area contributed by atoms with E-state index < -0.39 is 11.7 Å². The van der Waals surface area contributed by atoms with Gasteiger partial charge >= 0.3 is 6.18 Å². The van der Waals surface area contributed by atoms with Crippen LogP contribution in [0, 0.1) is 0 Å². The van der Waals surface area contributed by atoms with Gasteiger partial charge in [0.15, 0.2) is 0 Å². The van der Waals surface area contributed by atoms with Crippen LogP contribution in [0.2, 0.25) is 0 Å². The van der Waals surface area contributed by atoms with Crippen LogP contribution in [-0.2, 0) is 6.18 Å². The number of fused-ring (bicyclic) bond motifs is 1. The lowest BCUT2D eigenvalue weighted by atomic mass is 10.1. The molecule has 1 heterocycles. The molecule has 0 saturated heterocycles. The first-order valence-electron chi connectivity index (χ1n) is 6.81. The molecule has 0 atom stereocenters. The molecule has 0 aliphatic rings. The number of aromatic amines is 1. The van der Waals surface area contributed by atoms with Crippen LogP contribution in [0.25, 0.3) is 22.4 Å². The quantitative estimate of drug-likeness (QED) is 0.548. The maximum absolute atomic E-state index is 12.8. The summed E-state index contributed by atoms with van der Waals surface area (Å²) in [5.74, 6) is 0.790. The number of halogens is 3. The number of alkyl halides is 3. The largest absolute Gasteiger partial charge is 0.416 e. The minimum Gasteiger partial charge on any atom is -0.387 e. The molecule has 23 heavy (non-hydrogen) atoms. The summed E-state index contributed by atoms with van der Waals surface area (Å²) < 4.78 is 38.4. The molecule has 7 heteroatoms. The number of aliphatic imine (C=N–C) groups is 1. The molecule has 0 aliphatic carbocycles. The molecule has 0 unspecified atom stereocenters. The number of rotatable bonds is 2. The Labute approximate surface area is 129 Å². The molecule has 0 bridgehead atoms. The minimum atomic E-state index is -4.39. The zero-order valence-electron chi connectivity index (χ0n) is 12.1. The molecule has 4 nitrogen and oxygen atoms in total. The Morgan fingerprint density at radius 2 is 1.96 bits per heavy atom. The molecule has 1 aromatic heterocycles. The Balaban J connectivity index is 2.05. The van der Waals surface area contributed by atoms with E-state index in [1.165, 1.54) is 6.07 Å². The molecular weight excluding hydrogens is 305 g/mol. The van der Waals surface area contributed by atoms with Crippen LogP contribution in [0.3, 0.4) is 0 Å². The van der Waals surface area contributed by atoms with Crippen molar-refractivity contribution in [2.45, 2.75) is 13.1 Å². The molecule has 0 radical (unpaired) electrons. The van der Waals surface area contributed by atoms with Gasteiger partial charge in [0.2, 0.25) is 0 Å². The highest BCUT2D eigenvalue weighted by Gasteiger charge is 2.30. The van der Waals surface area contributed by atoms with Crippen LogP contribution in [0.15, 0.2) is 47.5 Å². The lowest BCUT2D eigenvalue weighted by Crippen LogP contribution is -2.04. The smallest absolute Gasteiger partial charge is 0.387 e. The number of nitrogens with two attached hydrogens (primary N) is 1. The Morgan fingerprint density at radius 1 is 1.17 bits per heavy atom. The summed E-state index contributed by atoms with van der Waals surface area (Å²) in [6, 6.07) is 10.3. The van der Waals surface area contributed by atoms with Gasteiger partial charge in [0, 0.05) is 5.56 Å². The number of hydrogen-bond acceptors (Lipinski definition) is 2. The predicted molar refractivity (Wildman–Crippen MR) is 83.5 cm³/mol. The summed E-state index contributed by atoms with van der Waals surface area (Å²) in [5.41, 5.74) is 7.18. The monoisotopic (exact) mass is 318 g/mol. The highest BCUT2D eigenvalue weighted by molar-refractivity contribution is 5.85. The number of H-pyrrole nitrogens is 1. The lowest BCUT2D eigenvalue weighted by molar-refractivity contribution is -0.137. The Kier molecular flexibility index (Phi) is 3.55. The van der Waals surface area contributed by atoms with Crippen molar-refractivity contribution in [1.29, 1.82) is 0 Å². The standard InChI is InChI=1S/C16H13F3N4/c1-9(20)21-12-5-6-13-14(8-12)23-15(22-13)10-3-2-4-11(7-10)16(17,18)19/h2-8H,1H3,(H2,20,21)(H,22,23). The van der Waals surface area contributed by atoms with E-state index in [0.717, 1.165) is 12.1 Å². The van der Waals surface area contributed by atoms with Crippen molar-refractivity contribution in [1.82, 2.24) is 9.97 Å². The molecule has 0 saturated carbocycles. The van der Waals surface area contributed by atoms with E-state index in [4.69, 9.17) is 5.73 Å². The number of nitrogens with zero attached hydrogens (tertiary/aromatic N) is 2. The van der Waals surface area contributed by atoms with Crippen molar-refractivity contribution in [2.24, 2.45) is 10.7 Å². The first kappa shape index (κ1) is 15.1. The van der Waals surface area contributed by atoms with Crippen LogP contribution in [0.4, 0.5) is 18.9 Å². The van der Waals surface area contributed by atoms with Gasteiger partial charge in [-0.15, -0.1) is 0 Å². The van der Waals surface area contributed by atoms with Gasteiger partial charge in [0.1, 0.15) is 5.82 Å². The minimum absolute atomic E-state index is 0.371. The van der Waals surface area contributed by atoms with Gasteiger partial charge in [0.25, 0.3) is 0 Å². The summed E-state index contributed by atoms with van der Waals surface area (Å²) >= 11 is 0. The van der Waals surface area contributed by atoms with E-state index in [1.54, 1.807) is 31.2 Å². The molecule has 118 valence electrons. The average molecular weight is 318 g/mol. The zero-order valence-corrected chi connectivity index (χ0v) is 12.1. The average Bonchev–Trinajstić information content (AvgIpc) is 2.89. The van der Waals surface area contributed by atoms with Crippen LogP contribution in [-0.4, -0.2) is 15.8 Å². The van der Waals surface area contributed by atoms with E-state index in [0.29, 0.717) is 33.9 Å². The number of amidine groups is 1. The molecule has 0 spiro atoms. The van der Waals surface area contributed by atoms with Gasteiger partial charge in [-0.05, 0) is 37.3 Å². The second kappa shape index (κ2) is 5.42. The van der Waals surface area contributed by atoms with E-state index in [1.807, 2.05) is 0 Å². The third kappa shape index (κ3) is 3.18. The maximum Gasteiger partial charge on any atom is 0.416 e. The van der Waals surface area contributed by atoms with Crippen molar-refractivity contribution < 1.29 is 13.2 Å². The third-order valence-corrected chi connectivity index (χ3v) is 3.23. The molecule has 0 fully saturated rings. The molecule has 3 aromatic rings. The molecule has 3 N–H and O–H groups in total. The van der Waals surface area contributed by atoms with E-state index in [9.17, 15) is 13.2 Å². The van der Waals surface area contributed by atoms with E-state index in [-0.39, 0.29) is 0 Å². The fraction of sp³-hybridized carbons (Fsp3) is 0.125. The molecule has 0 aliphatic heterocycles. The molecular formula is C16H13F3N4. The first-order valence-corrected chi connectivity index (χ1v) is 6.81. The summed E-state index contributed by atoms with van der Waals surface area (Å²) in [5, 5.41) is 0. The van der Waals surface area contributed by atoms with Gasteiger partial charge in [0.05, 0.1) is 28.1 Å². The molecule has 0 amide bonds. The Bertz CT molecular complexity index is 890. The topological polar surface area (TPSA) is 67.1 Å². The van der Waals surface area contributed by atoms with E-state index >= 15 is 0 Å². The fourth-order valence-electron chi connectivity index (χ4n) is 2.25. The van der Waals surface area contributed by atoms with Crippen LogP contribution in [0.1, 0.15) is 12.5 Å². The fourth-order valence-corrected chi connectivity index (χ4v) is 2.25. The SMILES string of the molecule is CC(N)=Nc1ccc2nc(-c3cccc(C(F)(F)F)c3)[nH]c2c1. The second-order valence-corrected chi connectivity index (χ2v) is 5.12. The molecule has 3 rings (SSSR count). The number of aromatic nitrogens is 2. The zero-order chi connectivity index (χ0) is 16.6. The van der Waals surface area contributed by atoms with Crippen molar-refractivity contribution in [3.63, 3.8) is 0 Å². The van der Waals surface area contributed by atoms with Crippen molar-refractivity contribution >= 4 is 22.6 Å². The number of hydrogen-bond donors (Lipinski definition) is 2. The maximum atomic E-state index is 12.8. The van der Waals surface area contributed by atoms with Crippen LogP contribution >= 0.6 is 0 Å². The first-order chi connectivity index (χ1) is 10.8. The summed E-state index contributed by atoms with van der Waals surface area (Å²) in [7, 11) is 0. The van der Waals surface area contributed by atoms with Crippen molar-refractivity contribution in [3.8, 4) is 11.4 Å². The molecule has 2 aromatic carbocycles. The van der Waals surface area contributed by atoms with Gasteiger partial charge in [-0.25, -0.2) is 9.98 Å². The summed E-state index contributed by atoms with van der Waals surface area (Å²) in [6.07, 6.45) is -4.39.